The van der Waals surface area contributed by atoms with Crippen LogP contribution in [0.25, 0.3) is 0 Å². The minimum absolute atomic E-state index is 0.0995. The van der Waals surface area contributed by atoms with Gasteiger partial charge in [0.1, 0.15) is 0 Å². The Morgan fingerprint density at radius 1 is 1.19 bits per heavy atom. The molecule has 1 atom stereocenters. The van der Waals surface area contributed by atoms with Crippen LogP contribution in [0, 0.1) is 0 Å². The highest BCUT2D eigenvalue weighted by Crippen LogP contribution is 2.41. The van der Waals surface area contributed by atoms with Gasteiger partial charge in [0, 0.05) is 14.1 Å². The number of methoxy groups -OCH3 is 1. The van der Waals surface area contributed by atoms with Gasteiger partial charge in [-0.3, -0.25) is 9.10 Å². The summed E-state index contributed by atoms with van der Waals surface area (Å²) in [6.45, 7) is 1.71. The van der Waals surface area contributed by atoms with E-state index in [4.69, 9.17) is 4.74 Å². The quantitative estimate of drug-likeness (QED) is 0.503. The topological polar surface area (TPSA) is 93.2 Å². The fourth-order valence-corrected chi connectivity index (χ4v) is 3.41. The third-order valence-electron chi connectivity index (χ3n) is 3.12. The molecule has 0 aliphatic carbocycles. The van der Waals surface area contributed by atoms with Gasteiger partial charge >= 0.3 is 11.9 Å². The first kappa shape index (κ1) is 15.2. The van der Waals surface area contributed by atoms with Crippen LogP contribution in [-0.2, 0) is 34.8 Å². The Morgan fingerprint density at radius 3 is 2.33 bits per heavy atom. The Bertz CT molecular complexity index is 636. The highest BCUT2D eigenvalue weighted by molar-refractivity contribution is 7.88. The number of carbonyl (C=O) groups excluding carboxylic acids is 3. The number of carbonyl (C=O) groups is 3. The van der Waals surface area contributed by atoms with Crippen LogP contribution in [0.4, 0.5) is 0 Å². The van der Waals surface area contributed by atoms with Gasteiger partial charge in [0.15, 0.2) is 21.5 Å². The molecule has 0 aromatic rings. The highest BCUT2D eigenvalue weighted by Gasteiger charge is 2.49. The molecule has 1 amide bonds. The predicted molar refractivity (Wildman–Crippen MR) is 71.4 cm³/mol. The number of ether oxygens (including phenoxy) is 2. The average Bonchev–Trinajstić information content (AvgIpc) is 2.85. The standard InChI is InChI=1S/C12H14N2O6S/c1-5-20-11(16)6-7-8(13(2)10(6)15)9(12(17)19-4)21(18)14(7)3/h5H2,1-4H3. The molecule has 0 fully saturated rings. The molecule has 2 aliphatic heterocycles. The van der Waals surface area contributed by atoms with Crippen molar-refractivity contribution in [2.45, 2.75) is 6.92 Å². The van der Waals surface area contributed by atoms with Crippen molar-refractivity contribution >= 4 is 28.8 Å². The van der Waals surface area contributed by atoms with E-state index in [9.17, 15) is 18.6 Å². The minimum Gasteiger partial charge on any atom is -0.465 e. The van der Waals surface area contributed by atoms with E-state index in [1.165, 1.54) is 18.4 Å². The van der Waals surface area contributed by atoms with Crippen molar-refractivity contribution in [1.29, 1.82) is 0 Å². The molecule has 9 heteroatoms. The second-order valence-electron chi connectivity index (χ2n) is 4.22. The van der Waals surface area contributed by atoms with Crippen LogP contribution in [0.15, 0.2) is 21.9 Å². The monoisotopic (exact) mass is 314 g/mol. The molecule has 2 heterocycles. The van der Waals surface area contributed by atoms with Gasteiger partial charge in [-0.15, -0.1) is 0 Å². The lowest BCUT2D eigenvalue weighted by atomic mass is 10.2. The summed E-state index contributed by atoms with van der Waals surface area (Å²) in [5.41, 5.74) is 0.0134. The van der Waals surface area contributed by atoms with Crippen molar-refractivity contribution in [1.82, 2.24) is 9.21 Å². The summed E-state index contributed by atoms with van der Waals surface area (Å²) in [4.78, 5) is 36.9. The molecular weight excluding hydrogens is 300 g/mol. The van der Waals surface area contributed by atoms with Crippen LogP contribution < -0.4 is 0 Å². The first-order valence-electron chi connectivity index (χ1n) is 6.04. The maximum atomic E-state index is 12.3. The smallest absolute Gasteiger partial charge is 0.351 e. The first-order valence-corrected chi connectivity index (χ1v) is 7.15. The van der Waals surface area contributed by atoms with Crippen molar-refractivity contribution in [2.24, 2.45) is 0 Å². The fraction of sp³-hybridized carbons (Fsp3) is 0.417. The highest BCUT2D eigenvalue weighted by atomic mass is 32.2. The summed E-state index contributed by atoms with van der Waals surface area (Å²) in [6, 6.07) is 0. The van der Waals surface area contributed by atoms with Crippen LogP contribution in [0.3, 0.4) is 0 Å². The molecule has 0 aromatic carbocycles. The Hall–Kier alpha value is -2.16. The van der Waals surface area contributed by atoms with E-state index in [0.717, 1.165) is 12.0 Å². The number of rotatable bonds is 3. The molecule has 0 bridgehead atoms. The first-order chi connectivity index (χ1) is 9.86. The number of esters is 2. The zero-order valence-corrected chi connectivity index (χ0v) is 12.8. The third-order valence-corrected chi connectivity index (χ3v) is 4.51. The van der Waals surface area contributed by atoms with Crippen LogP contribution in [0.2, 0.25) is 0 Å². The zero-order chi connectivity index (χ0) is 15.9. The molecule has 0 saturated carbocycles. The predicted octanol–water partition coefficient (Wildman–Crippen LogP) is -0.731. The Labute approximate surface area is 123 Å². The largest absolute Gasteiger partial charge is 0.465 e. The second kappa shape index (κ2) is 5.32. The van der Waals surface area contributed by atoms with Crippen molar-refractivity contribution in [2.75, 3.05) is 27.8 Å². The average molecular weight is 314 g/mol. The van der Waals surface area contributed by atoms with Gasteiger partial charge in [-0.1, -0.05) is 0 Å². The number of nitrogens with zero attached hydrogens (tertiary/aromatic N) is 2. The van der Waals surface area contributed by atoms with Gasteiger partial charge in [-0.25, -0.2) is 13.8 Å². The van der Waals surface area contributed by atoms with E-state index in [1.54, 1.807) is 6.92 Å². The van der Waals surface area contributed by atoms with Crippen molar-refractivity contribution < 1.29 is 28.1 Å². The summed E-state index contributed by atoms with van der Waals surface area (Å²) in [5, 5.41) is 0. The molecule has 8 nitrogen and oxygen atoms in total. The summed E-state index contributed by atoms with van der Waals surface area (Å²) in [5.74, 6) is -2.23. The number of hydrogen-bond donors (Lipinski definition) is 0. The van der Waals surface area contributed by atoms with Crippen molar-refractivity contribution in [3.63, 3.8) is 0 Å². The number of amides is 1. The van der Waals surface area contributed by atoms with Crippen LogP contribution >= 0.6 is 0 Å². The lowest BCUT2D eigenvalue weighted by molar-refractivity contribution is -0.141. The second-order valence-corrected chi connectivity index (χ2v) is 5.68. The Morgan fingerprint density at radius 2 is 1.81 bits per heavy atom. The minimum atomic E-state index is -1.84. The summed E-state index contributed by atoms with van der Waals surface area (Å²) in [7, 11) is 2.12. The molecule has 2 rings (SSSR count). The molecule has 0 aromatic heterocycles. The van der Waals surface area contributed by atoms with Gasteiger partial charge in [0.05, 0.1) is 25.1 Å². The Balaban J connectivity index is 2.68. The van der Waals surface area contributed by atoms with Crippen LogP contribution in [0.1, 0.15) is 6.92 Å². The molecule has 2 aliphatic rings. The fourth-order valence-electron chi connectivity index (χ4n) is 2.16. The maximum absolute atomic E-state index is 12.3. The summed E-state index contributed by atoms with van der Waals surface area (Å²) >= 11 is 0. The Kier molecular flexibility index (Phi) is 3.86. The lowest BCUT2D eigenvalue weighted by Gasteiger charge is -2.12. The van der Waals surface area contributed by atoms with E-state index in [-0.39, 0.29) is 28.5 Å². The van der Waals surface area contributed by atoms with Crippen molar-refractivity contribution in [3.05, 3.63) is 21.9 Å². The molecule has 0 saturated heterocycles. The van der Waals surface area contributed by atoms with Gasteiger partial charge in [0.25, 0.3) is 5.91 Å². The van der Waals surface area contributed by atoms with E-state index in [1.807, 2.05) is 0 Å². The zero-order valence-electron chi connectivity index (χ0n) is 12.0. The summed E-state index contributed by atoms with van der Waals surface area (Å²) in [6.07, 6.45) is 0. The molecule has 21 heavy (non-hydrogen) atoms. The van der Waals surface area contributed by atoms with Gasteiger partial charge in [-0.2, -0.15) is 0 Å². The summed E-state index contributed by atoms with van der Waals surface area (Å²) < 4.78 is 22.9. The molecule has 0 radical (unpaired) electrons. The van der Waals surface area contributed by atoms with Gasteiger partial charge in [0.2, 0.25) is 0 Å². The normalized spacial score (nSPS) is 21.1. The van der Waals surface area contributed by atoms with Gasteiger partial charge in [-0.05, 0) is 6.92 Å². The van der Waals surface area contributed by atoms with Crippen molar-refractivity contribution in [3.8, 4) is 0 Å². The number of fused-ring (bicyclic) bond motifs is 1. The number of likely N-dealkylation sites (N-methyl/N-ethyl adjacent to an activating group) is 2. The molecular formula is C12H14N2O6S. The molecule has 0 N–H and O–H groups in total. The van der Waals surface area contributed by atoms with Crippen LogP contribution in [0.5, 0.6) is 0 Å². The lowest BCUT2D eigenvalue weighted by Crippen LogP contribution is -2.27. The van der Waals surface area contributed by atoms with E-state index < -0.39 is 28.8 Å². The maximum Gasteiger partial charge on any atom is 0.351 e. The van der Waals surface area contributed by atoms with Gasteiger partial charge < -0.3 is 14.4 Å². The molecule has 0 spiro atoms. The molecule has 114 valence electrons. The van der Waals surface area contributed by atoms with E-state index in [0.29, 0.717) is 0 Å². The van der Waals surface area contributed by atoms with Crippen LogP contribution in [-0.4, -0.2) is 59.1 Å². The molecule has 1 unspecified atom stereocenters. The SMILES string of the molecule is CCOC(=O)C1=C2C(=C(C(=O)OC)S(=O)N2C)N(C)C1=O. The van der Waals surface area contributed by atoms with E-state index in [2.05, 4.69) is 4.74 Å². The number of hydrogen-bond acceptors (Lipinski definition) is 6. The van der Waals surface area contributed by atoms with E-state index >= 15 is 0 Å². The third kappa shape index (κ3) is 2.04.